The number of fused-ring (bicyclic) bond motifs is 1. The molecule has 1 aromatic heterocycles. The molecule has 4 atom stereocenters. The average molecular weight is 589 g/mol. The number of hydrogen-bond donors (Lipinski definition) is 2. The molecule has 0 bridgehead atoms. The Morgan fingerprint density at radius 3 is 2.59 bits per heavy atom. The first-order valence-electron chi connectivity index (χ1n) is 13.4. The molecule has 2 aromatic rings. The van der Waals surface area contributed by atoms with Crippen LogP contribution < -0.4 is 14.8 Å². The first-order chi connectivity index (χ1) is 19.2. The molecule has 41 heavy (non-hydrogen) atoms. The van der Waals surface area contributed by atoms with Crippen LogP contribution in [0.3, 0.4) is 0 Å². The predicted molar refractivity (Wildman–Crippen MR) is 147 cm³/mol. The Labute approximate surface area is 237 Å². The molecule has 11 nitrogen and oxygen atoms in total. The van der Waals surface area contributed by atoms with Crippen molar-refractivity contribution < 1.29 is 36.7 Å². The van der Waals surface area contributed by atoms with E-state index < -0.39 is 68.2 Å². The lowest BCUT2D eigenvalue weighted by Gasteiger charge is -2.29. The van der Waals surface area contributed by atoms with Gasteiger partial charge in [0.05, 0.1) is 11.8 Å². The van der Waals surface area contributed by atoms with Crippen molar-refractivity contribution in [2.24, 2.45) is 5.92 Å². The zero-order valence-corrected chi connectivity index (χ0v) is 23.9. The van der Waals surface area contributed by atoms with E-state index in [2.05, 4.69) is 21.6 Å². The molecule has 2 N–H and O–H groups in total. The predicted octanol–water partition coefficient (Wildman–Crippen LogP) is 2.80. The van der Waals surface area contributed by atoms with Gasteiger partial charge in [0.25, 0.3) is 5.91 Å². The summed E-state index contributed by atoms with van der Waals surface area (Å²) in [5.74, 6) is -2.31. The summed E-state index contributed by atoms with van der Waals surface area (Å²) in [5.41, 5.74) is -2.36. The molecule has 5 rings (SSSR count). The summed E-state index contributed by atoms with van der Waals surface area (Å²) in [6.45, 7) is 8.74. The van der Waals surface area contributed by atoms with Gasteiger partial charge >= 0.3 is 6.09 Å². The first-order valence-corrected chi connectivity index (χ1v) is 15.0. The van der Waals surface area contributed by atoms with E-state index in [0.29, 0.717) is 23.6 Å². The molecular formula is C28H33FN4O7S. The number of ether oxygens (including phenoxy) is 2. The maximum Gasteiger partial charge on any atom is 0.411 e. The van der Waals surface area contributed by atoms with Crippen LogP contribution in [0.5, 0.6) is 5.88 Å². The maximum absolute atomic E-state index is 14.0. The fraction of sp³-hybridized carbons (Fsp3) is 0.500. The van der Waals surface area contributed by atoms with Gasteiger partial charge in [-0.05, 0) is 63.6 Å². The third kappa shape index (κ3) is 5.99. The molecule has 3 fully saturated rings. The highest BCUT2D eigenvalue weighted by molar-refractivity contribution is 7.91. The van der Waals surface area contributed by atoms with Crippen molar-refractivity contribution in [2.75, 3.05) is 6.54 Å². The summed E-state index contributed by atoms with van der Waals surface area (Å²) in [4.78, 5) is 45.4. The normalized spacial score (nSPS) is 25.9. The highest BCUT2D eigenvalue weighted by atomic mass is 32.2. The number of aromatic nitrogens is 1. The van der Waals surface area contributed by atoms with Crippen molar-refractivity contribution in [1.82, 2.24) is 19.9 Å². The minimum Gasteiger partial charge on any atom is -0.472 e. The summed E-state index contributed by atoms with van der Waals surface area (Å²) in [6.07, 6.45) is 2.66. The van der Waals surface area contributed by atoms with Crippen LogP contribution in [0, 0.1) is 11.7 Å². The molecule has 0 spiro atoms. The second-order valence-electron chi connectivity index (χ2n) is 11.8. The first kappa shape index (κ1) is 28.8. The molecule has 2 unspecified atom stereocenters. The largest absolute Gasteiger partial charge is 0.472 e. The van der Waals surface area contributed by atoms with Crippen LogP contribution in [-0.4, -0.2) is 71.3 Å². The quantitative estimate of drug-likeness (QED) is 0.448. The number of sulfonamides is 1. The third-order valence-electron chi connectivity index (χ3n) is 7.41. The van der Waals surface area contributed by atoms with Crippen molar-refractivity contribution in [3.8, 4) is 5.88 Å². The zero-order chi connectivity index (χ0) is 29.7. The maximum atomic E-state index is 14.0. The molecule has 1 saturated heterocycles. The van der Waals surface area contributed by atoms with E-state index in [1.807, 2.05) is 0 Å². The standard InChI is InChI=1S/C28H33FN4O7S/c1-5-17-14-28(17,25(35)32-41(37,38)20-8-9-20)31-23(34)22-13-19(15-33(22)26(36)40-27(2,3)4)39-24-21-12-18(29)7-6-16(21)10-11-30-24/h5-7,10-12,17,19-20,22H,1,8-9,13-15H2,2-4H3,(H,31,34)(H,32,35)/t17-,19?,22?,28-/m1/s1. The van der Waals surface area contributed by atoms with Crippen LogP contribution in [0.15, 0.2) is 43.1 Å². The highest BCUT2D eigenvalue weighted by Crippen LogP contribution is 2.45. The van der Waals surface area contributed by atoms with E-state index in [0.717, 1.165) is 0 Å². The second kappa shape index (κ2) is 10.3. The van der Waals surface area contributed by atoms with Crippen LogP contribution in [-0.2, 0) is 24.3 Å². The number of nitrogens with zero attached hydrogens (tertiary/aromatic N) is 2. The van der Waals surface area contributed by atoms with E-state index in [9.17, 15) is 27.2 Å². The molecular weight excluding hydrogens is 555 g/mol. The number of halogens is 1. The summed E-state index contributed by atoms with van der Waals surface area (Å²) in [7, 11) is -3.85. The molecule has 3 amide bonds. The van der Waals surface area contributed by atoms with Crippen LogP contribution in [0.1, 0.15) is 46.5 Å². The Hall–Kier alpha value is -3.74. The summed E-state index contributed by atoms with van der Waals surface area (Å²) in [6, 6.07) is 4.82. The lowest BCUT2D eigenvalue weighted by molar-refractivity contribution is -0.131. The van der Waals surface area contributed by atoms with Crippen molar-refractivity contribution in [3.63, 3.8) is 0 Å². The lowest BCUT2D eigenvalue weighted by Crippen LogP contribution is -2.56. The Balaban J connectivity index is 1.38. The number of amides is 3. The molecule has 2 aliphatic carbocycles. The Morgan fingerprint density at radius 1 is 1.22 bits per heavy atom. The van der Waals surface area contributed by atoms with Crippen molar-refractivity contribution >= 4 is 38.7 Å². The number of carbonyl (C=O) groups is 3. The van der Waals surface area contributed by atoms with Crippen LogP contribution in [0.25, 0.3) is 10.8 Å². The summed E-state index contributed by atoms with van der Waals surface area (Å²) >= 11 is 0. The zero-order valence-electron chi connectivity index (χ0n) is 23.1. The van der Waals surface area contributed by atoms with Crippen molar-refractivity contribution in [3.05, 3.63) is 48.9 Å². The SMILES string of the molecule is C=C[C@@H]1C[C@]1(NC(=O)C1CC(Oc2nccc3ccc(F)cc23)CN1C(=O)OC(C)(C)C)C(=O)NS(=O)(=O)C1CC1. The summed E-state index contributed by atoms with van der Waals surface area (Å²) in [5, 5.41) is 3.22. The Morgan fingerprint density at radius 2 is 1.95 bits per heavy atom. The van der Waals surface area contributed by atoms with Crippen LogP contribution in [0.4, 0.5) is 9.18 Å². The van der Waals surface area contributed by atoms with E-state index >= 15 is 0 Å². The second-order valence-corrected chi connectivity index (χ2v) is 13.7. The number of nitrogens with one attached hydrogen (secondary N) is 2. The van der Waals surface area contributed by atoms with Gasteiger partial charge in [0.15, 0.2) is 0 Å². The molecule has 1 aromatic carbocycles. The molecule has 0 radical (unpaired) electrons. The van der Waals surface area contributed by atoms with Gasteiger partial charge in [-0.3, -0.25) is 19.2 Å². The van der Waals surface area contributed by atoms with Gasteiger partial charge in [-0.2, -0.15) is 0 Å². The van der Waals surface area contributed by atoms with E-state index in [-0.39, 0.29) is 25.3 Å². The fourth-order valence-corrected chi connectivity index (χ4v) is 6.40. The molecule has 3 aliphatic rings. The lowest BCUT2D eigenvalue weighted by atomic mass is 10.1. The van der Waals surface area contributed by atoms with Crippen molar-refractivity contribution in [2.45, 2.75) is 75.0 Å². The number of benzene rings is 1. The number of hydrogen-bond acceptors (Lipinski definition) is 8. The van der Waals surface area contributed by atoms with Gasteiger partial charge in [-0.1, -0.05) is 12.1 Å². The van der Waals surface area contributed by atoms with Gasteiger partial charge in [-0.25, -0.2) is 22.6 Å². The van der Waals surface area contributed by atoms with Gasteiger partial charge in [0.2, 0.25) is 21.8 Å². The van der Waals surface area contributed by atoms with Gasteiger partial charge in [0, 0.05) is 23.9 Å². The molecule has 2 saturated carbocycles. The molecule has 220 valence electrons. The van der Waals surface area contributed by atoms with Gasteiger partial charge in [0.1, 0.15) is 29.1 Å². The van der Waals surface area contributed by atoms with E-state index in [1.54, 1.807) is 32.9 Å². The monoisotopic (exact) mass is 588 g/mol. The van der Waals surface area contributed by atoms with E-state index in [1.165, 1.54) is 29.3 Å². The minimum absolute atomic E-state index is 0.0231. The molecule has 2 heterocycles. The number of likely N-dealkylation sites (tertiary alicyclic amines) is 1. The summed E-state index contributed by atoms with van der Waals surface area (Å²) < 4.78 is 52.6. The van der Waals surface area contributed by atoms with Crippen molar-refractivity contribution in [1.29, 1.82) is 0 Å². The number of carbonyl (C=O) groups excluding carboxylic acids is 3. The Kier molecular flexibility index (Phi) is 7.21. The van der Waals surface area contributed by atoms with Crippen LogP contribution >= 0.6 is 0 Å². The average Bonchev–Trinajstić information content (AvgIpc) is 3.80. The fourth-order valence-electron chi connectivity index (χ4n) is 5.04. The smallest absolute Gasteiger partial charge is 0.411 e. The molecule has 1 aliphatic heterocycles. The minimum atomic E-state index is -3.85. The number of rotatable bonds is 8. The van der Waals surface area contributed by atoms with E-state index in [4.69, 9.17) is 9.47 Å². The van der Waals surface area contributed by atoms with Gasteiger partial charge in [-0.15, -0.1) is 6.58 Å². The molecule has 13 heteroatoms. The number of pyridine rings is 1. The third-order valence-corrected chi connectivity index (χ3v) is 9.23. The topological polar surface area (TPSA) is 144 Å². The van der Waals surface area contributed by atoms with Gasteiger partial charge < -0.3 is 14.8 Å². The Bertz CT molecular complexity index is 1520. The van der Waals surface area contributed by atoms with Crippen LogP contribution in [0.2, 0.25) is 0 Å². The highest BCUT2D eigenvalue weighted by Gasteiger charge is 2.62.